The summed E-state index contributed by atoms with van der Waals surface area (Å²) in [5, 5.41) is 0. The Bertz CT molecular complexity index is 370. The number of para-hydroxylation sites is 1. The molecule has 0 heterocycles. The summed E-state index contributed by atoms with van der Waals surface area (Å²) in [6.07, 6.45) is 0.921. The molecule has 3 nitrogen and oxygen atoms in total. The van der Waals surface area contributed by atoms with Gasteiger partial charge in [-0.15, -0.1) is 0 Å². The van der Waals surface area contributed by atoms with E-state index in [1.807, 2.05) is 0 Å². The Kier molecular flexibility index (Phi) is 5.17. The summed E-state index contributed by atoms with van der Waals surface area (Å²) < 4.78 is 5.93. The van der Waals surface area contributed by atoms with Crippen LogP contribution in [0, 0.1) is 13.8 Å². The molecule has 3 heteroatoms. The van der Waals surface area contributed by atoms with Crippen molar-refractivity contribution in [3.05, 3.63) is 29.3 Å². The van der Waals surface area contributed by atoms with Gasteiger partial charge in [0, 0.05) is 18.5 Å². The van der Waals surface area contributed by atoms with E-state index >= 15 is 0 Å². The van der Waals surface area contributed by atoms with E-state index in [1.54, 1.807) is 0 Å². The smallest absolute Gasteiger partial charge is 0.125 e. The Hall–Kier alpha value is -1.06. The Morgan fingerprint density at radius 3 is 2.22 bits per heavy atom. The van der Waals surface area contributed by atoms with Crippen LogP contribution in [0.4, 0.5) is 0 Å². The fraction of sp³-hybridized carbons (Fsp3) is 0.600. The van der Waals surface area contributed by atoms with Gasteiger partial charge in [-0.3, -0.25) is 0 Å². The summed E-state index contributed by atoms with van der Waals surface area (Å²) in [6, 6.07) is 6.22. The number of aryl methyl sites for hydroxylation is 2. The normalized spacial score (nSPS) is 14.6. The molecular weight excluding hydrogens is 224 g/mol. The highest BCUT2D eigenvalue weighted by Crippen LogP contribution is 2.23. The van der Waals surface area contributed by atoms with E-state index in [2.05, 4.69) is 58.0 Å². The molecule has 0 aliphatic carbocycles. The second-order valence-electron chi connectivity index (χ2n) is 5.41. The number of nitrogens with zero attached hydrogens (tertiary/aromatic N) is 1. The summed E-state index contributed by atoms with van der Waals surface area (Å²) in [5.41, 5.74) is 8.22. The van der Waals surface area contributed by atoms with Crippen molar-refractivity contribution in [3.63, 3.8) is 0 Å². The lowest BCUT2D eigenvalue weighted by molar-refractivity contribution is 0.139. The first-order valence-corrected chi connectivity index (χ1v) is 6.47. The Morgan fingerprint density at radius 1 is 1.22 bits per heavy atom. The summed E-state index contributed by atoms with van der Waals surface area (Å²) in [5.74, 6) is 1.01. The summed E-state index contributed by atoms with van der Waals surface area (Å²) >= 11 is 0. The summed E-state index contributed by atoms with van der Waals surface area (Å²) in [4.78, 5) is 2.17. The SMILES string of the molecule is Cc1cccc(C)c1OCCC(C)(CN)N(C)C. The Balaban J connectivity index is 2.61. The lowest BCUT2D eigenvalue weighted by Crippen LogP contribution is -2.48. The van der Waals surface area contributed by atoms with Gasteiger partial charge >= 0.3 is 0 Å². The number of rotatable bonds is 6. The average molecular weight is 250 g/mol. The van der Waals surface area contributed by atoms with Crippen LogP contribution >= 0.6 is 0 Å². The fourth-order valence-corrected chi connectivity index (χ4v) is 1.91. The van der Waals surface area contributed by atoms with Crippen molar-refractivity contribution in [2.75, 3.05) is 27.2 Å². The molecule has 0 bridgehead atoms. The second kappa shape index (κ2) is 6.21. The lowest BCUT2D eigenvalue weighted by atomic mass is 9.97. The van der Waals surface area contributed by atoms with Crippen molar-refractivity contribution in [1.82, 2.24) is 4.90 Å². The van der Waals surface area contributed by atoms with E-state index in [0.29, 0.717) is 13.2 Å². The molecule has 1 atom stereocenters. The number of benzene rings is 1. The molecule has 18 heavy (non-hydrogen) atoms. The molecule has 1 aromatic rings. The fourth-order valence-electron chi connectivity index (χ4n) is 1.91. The molecule has 1 aromatic carbocycles. The molecule has 0 aromatic heterocycles. The maximum atomic E-state index is 5.93. The van der Waals surface area contributed by atoms with Crippen molar-refractivity contribution in [2.24, 2.45) is 5.73 Å². The predicted molar refractivity (Wildman–Crippen MR) is 77.2 cm³/mol. The van der Waals surface area contributed by atoms with E-state index in [0.717, 1.165) is 12.2 Å². The highest BCUT2D eigenvalue weighted by Gasteiger charge is 2.24. The van der Waals surface area contributed by atoms with Gasteiger partial charge in [-0.05, 0) is 46.0 Å². The van der Waals surface area contributed by atoms with Crippen LogP contribution in [-0.2, 0) is 0 Å². The molecule has 0 saturated carbocycles. The summed E-state index contributed by atoms with van der Waals surface area (Å²) in [6.45, 7) is 7.65. The van der Waals surface area contributed by atoms with Gasteiger partial charge in [0.2, 0.25) is 0 Å². The minimum absolute atomic E-state index is 0.00338. The number of hydrogen-bond donors (Lipinski definition) is 1. The Morgan fingerprint density at radius 2 is 1.78 bits per heavy atom. The van der Waals surface area contributed by atoms with Crippen LogP contribution in [-0.4, -0.2) is 37.7 Å². The molecular formula is C15H26N2O. The molecule has 2 N–H and O–H groups in total. The van der Waals surface area contributed by atoms with Gasteiger partial charge in [-0.1, -0.05) is 18.2 Å². The molecule has 0 fully saturated rings. The van der Waals surface area contributed by atoms with Crippen LogP contribution in [0.5, 0.6) is 5.75 Å². The average Bonchev–Trinajstić information content (AvgIpc) is 2.32. The molecule has 1 unspecified atom stereocenters. The van der Waals surface area contributed by atoms with Crippen LogP contribution in [0.2, 0.25) is 0 Å². The maximum absolute atomic E-state index is 5.93. The molecule has 0 radical (unpaired) electrons. The van der Waals surface area contributed by atoms with Gasteiger partial charge in [0.15, 0.2) is 0 Å². The lowest BCUT2D eigenvalue weighted by Gasteiger charge is -2.35. The number of ether oxygens (including phenoxy) is 1. The van der Waals surface area contributed by atoms with Gasteiger partial charge in [0.1, 0.15) is 5.75 Å². The molecule has 0 amide bonds. The highest BCUT2D eigenvalue weighted by atomic mass is 16.5. The van der Waals surface area contributed by atoms with Crippen LogP contribution < -0.4 is 10.5 Å². The number of nitrogens with two attached hydrogens (primary N) is 1. The zero-order valence-corrected chi connectivity index (χ0v) is 12.3. The molecule has 0 aliphatic rings. The van der Waals surface area contributed by atoms with Crippen LogP contribution in [0.15, 0.2) is 18.2 Å². The van der Waals surface area contributed by atoms with Crippen molar-refractivity contribution in [2.45, 2.75) is 32.7 Å². The molecule has 0 aliphatic heterocycles. The number of hydrogen-bond acceptors (Lipinski definition) is 3. The van der Waals surface area contributed by atoms with Crippen LogP contribution in [0.25, 0.3) is 0 Å². The minimum Gasteiger partial charge on any atom is -0.493 e. The first-order chi connectivity index (χ1) is 8.40. The van der Waals surface area contributed by atoms with Gasteiger partial charge in [0.05, 0.1) is 6.61 Å². The second-order valence-corrected chi connectivity index (χ2v) is 5.41. The zero-order valence-electron chi connectivity index (χ0n) is 12.3. The van der Waals surface area contributed by atoms with Crippen molar-refractivity contribution >= 4 is 0 Å². The van der Waals surface area contributed by atoms with Gasteiger partial charge in [-0.25, -0.2) is 0 Å². The predicted octanol–water partition coefficient (Wildman–Crippen LogP) is 2.35. The maximum Gasteiger partial charge on any atom is 0.125 e. The first kappa shape index (κ1) is 15.0. The topological polar surface area (TPSA) is 38.5 Å². The number of likely N-dealkylation sites (N-methyl/N-ethyl adjacent to an activating group) is 1. The van der Waals surface area contributed by atoms with Gasteiger partial charge < -0.3 is 15.4 Å². The van der Waals surface area contributed by atoms with E-state index < -0.39 is 0 Å². The third kappa shape index (κ3) is 3.47. The third-order valence-corrected chi connectivity index (χ3v) is 3.82. The first-order valence-electron chi connectivity index (χ1n) is 6.47. The van der Waals surface area contributed by atoms with E-state index in [9.17, 15) is 0 Å². The van der Waals surface area contributed by atoms with Gasteiger partial charge in [-0.2, -0.15) is 0 Å². The Labute approximate surface area is 111 Å². The van der Waals surface area contributed by atoms with Crippen LogP contribution in [0.3, 0.4) is 0 Å². The quantitative estimate of drug-likeness (QED) is 0.842. The monoisotopic (exact) mass is 250 g/mol. The van der Waals surface area contributed by atoms with Crippen molar-refractivity contribution in [1.29, 1.82) is 0 Å². The van der Waals surface area contributed by atoms with E-state index in [-0.39, 0.29) is 5.54 Å². The van der Waals surface area contributed by atoms with E-state index in [4.69, 9.17) is 10.5 Å². The van der Waals surface area contributed by atoms with Crippen molar-refractivity contribution < 1.29 is 4.74 Å². The molecule has 102 valence electrons. The molecule has 0 saturated heterocycles. The van der Waals surface area contributed by atoms with Gasteiger partial charge in [0.25, 0.3) is 0 Å². The zero-order chi connectivity index (χ0) is 13.8. The largest absolute Gasteiger partial charge is 0.493 e. The minimum atomic E-state index is -0.00338. The van der Waals surface area contributed by atoms with Crippen molar-refractivity contribution in [3.8, 4) is 5.75 Å². The highest BCUT2D eigenvalue weighted by molar-refractivity contribution is 5.39. The van der Waals surface area contributed by atoms with Crippen LogP contribution in [0.1, 0.15) is 24.5 Å². The summed E-state index contributed by atoms with van der Waals surface area (Å²) in [7, 11) is 4.12. The molecule has 1 rings (SSSR count). The molecule has 0 spiro atoms. The third-order valence-electron chi connectivity index (χ3n) is 3.82. The van der Waals surface area contributed by atoms with E-state index in [1.165, 1.54) is 11.1 Å². The standard InChI is InChI=1S/C15H26N2O/c1-12-7-6-8-13(2)14(12)18-10-9-15(3,11-16)17(4)5/h6-8H,9-11,16H2,1-5H3.